The Morgan fingerprint density at radius 1 is 1.08 bits per heavy atom. The van der Waals surface area contributed by atoms with Gasteiger partial charge in [-0.15, -0.1) is 0 Å². The Labute approximate surface area is 155 Å². The van der Waals surface area contributed by atoms with Crippen LogP contribution in [0.5, 0.6) is 11.5 Å². The van der Waals surface area contributed by atoms with Crippen LogP contribution >= 0.6 is 0 Å². The van der Waals surface area contributed by atoms with Crippen LogP contribution in [0.15, 0.2) is 53.6 Å². The molecule has 0 fully saturated rings. The molecule has 138 valence electrons. The average Bonchev–Trinajstić information content (AvgIpc) is 2.69. The predicted octanol–water partition coefficient (Wildman–Crippen LogP) is 4.42. The lowest BCUT2D eigenvalue weighted by Gasteiger charge is -2.11. The van der Waals surface area contributed by atoms with Gasteiger partial charge in [-0.3, -0.25) is 4.79 Å². The molecule has 0 atom stereocenters. The number of nitrogens with one attached hydrogen (secondary N) is 1. The van der Waals surface area contributed by atoms with E-state index >= 15 is 0 Å². The number of carbonyl (C=O) groups excluding carboxylic acids is 1. The van der Waals surface area contributed by atoms with Crippen LogP contribution in [0.2, 0.25) is 0 Å². The molecule has 1 N–H and O–H groups in total. The Kier molecular flexibility index (Phi) is 8.19. The van der Waals surface area contributed by atoms with Crippen molar-refractivity contribution >= 4 is 12.1 Å². The molecule has 2 aromatic carbocycles. The summed E-state index contributed by atoms with van der Waals surface area (Å²) >= 11 is 0. The smallest absolute Gasteiger partial charge is 0.271 e. The van der Waals surface area contributed by atoms with Gasteiger partial charge in [0.15, 0.2) is 11.5 Å². The average molecular weight is 354 g/mol. The van der Waals surface area contributed by atoms with Crippen molar-refractivity contribution in [2.45, 2.75) is 32.6 Å². The summed E-state index contributed by atoms with van der Waals surface area (Å²) in [6.07, 6.45) is 6.22. The highest BCUT2D eigenvalue weighted by Crippen LogP contribution is 2.27. The van der Waals surface area contributed by atoms with E-state index < -0.39 is 0 Å². The van der Waals surface area contributed by atoms with E-state index in [9.17, 15) is 4.79 Å². The summed E-state index contributed by atoms with van der Waals surface area (Å²) in [5, 5.41) is 4.00. The lowest BCUT2D eigenvalue weighted by molar-refractivity contribution is 0.0955. The summed E-state index contributed by atoms with van der Waals surface area (Å²) in [4.78, 5) is 11.9. The zero-order valence-electron chi connectivity index (χ0n) is 15.4. The zero-order valence-corrected chi connectivity index (χ0v) is 15.4. The zero-order chi connectivity index (χ0) is 18.6. The Bertz CT molecular complexity index is 714. The summed E-state index contributed by atoms with van der Waals surface area (Å²) in [6, 6.07) is 14.5. The number of methoxy groups -OCH3 is 1. The summed E-state index contributed by atoms with van der Waals surface area (Å²) in [5.74, 6) is 1.12. The lowest BCUT2D eigenvalue weighted by atomic mass is 10.2. The number of rotatable bonds is 10. The van der Waals surface area contributed by atoms with Crippen molar-refractivity contribution in [3.63, 3.8) is 0 Å². The van der Waals surface area contributed by atoms with Gasteiger partial charge in [0.2, 0.25) is 0 Å². The van der Waals surface area contributed by atoms with Gasteiger partial charge in [-0.2, -0.15) is 5.10 Å². The molecule has 5 heteroatoms. The molecule has 0 bridgehead atoms. The van der Waals surface area contributed by atoms with Crippen LogP contribution in [0, 0.1) is 0 Å². The largest absolute Gasteiger partial charge is 0.493 e. The van der Waals surface area contributed by atoms with Crippen LogP contribution in [0.3, 0.4) is 0 Å². The van der Waals surface area contributed by atoms with Gasteiger partial charge in [-0.05, 0) is 42.3 Å². The van der Waals surface area contributed by atoms with Crippen molar-refractivity contribution in [3.05, 3.63) is 59.7 Å². The number of hydrogen-bond acceptors (Lipinski definition) is 4. The quantitative estimate of drug-likeness (QED) is 0.390. The van der Waals surface area contributed by atoms with E-state index in [0.29, 0.717) is 17.9 Å². The highest BCUT2D eigenvalue weighted by molar-refractivity contribution is 5.94. The van der Waals surface area contributed by atoms with E-state index in [2.05, 4.69) is 17.5 Å². The molecule has 2 aromatic rings. The number of ether oxygens (including phenoxy) is 2. The Hall–Kier alpha value is -2.82. The number of hydrazone groups is 1. The number of benzene rings is 2. The van der Waals surface area contributed by atoms with Crippen molar-refractivity contribution in [1.29, 1.82) is 0 Å². The van der Waals surface area contributed by atoms with E-state index in [4.69, 9.17) is 9.47 Å². The van der Waals surface area contributed by atoms with Crippen molar-refractivity contribution in [3.8, 4) is 11.5 Å². The molecule has 0 aliphatic carbocycles. The maximum absolute atomic E-state index is 11.9. The maximum atomic E-state index is 11.9. The molecular weight excluding hydrogens is 328 g/mol. The predicted molar refractivity (Wildman–Crippen MR) is 104 cm³/mol. The first-order valence-corrected chi connectivity index (χ1v) is 8.94. The highest BCUT2D eigenvalue weighted by atomic mass is 16.5. The second-order valence-electron chi connectivity index (χ2n) is 5.88. The van der Waals surface area contributed by atoms with Gasteiger partial charge in [-0.25, -0.2) is 5.43 Å². The fourth-order valence-electron chi connectivity index (χ4n) is 2.41. The number of unbranched alkanes of at least 4 members (excludes halogenated alkanes) is 3. The first-order chi connectivity index (χ1) is 12.7. The van der Waals surface area contributed by atoms with Gasteiger partial charge in [-0.1, -0.05) is 44.4 Å². The van der Waals surface area contributed by atoms with Crippen LogP contribution in [-0.4, -0.2) is 25.8 Å². The summed E-state index contributed by atoms with van der Waals surface area (Å²) in [7, 11) is 1.61. The van der Waals surface area contributed by atoms with Crippen LogP contribution < -0.4 is 14.9 Å². The molecule has 26 heavy (non-hydrogen) atoms. The van der Waals surface area contributed by atoms with E-state index in [1.165, 1.54) is 19.3 Å². The van der Waals surface area contributed by atoms with E-state index in [1.807, 2.05) is 36.4 Å². The first kappa shape index (κ1) is 19.5. The van der Waals surface area contributed by atoms with Gasteiger partial charge in [0, 0.05) is 5.56 Å². The van der Waals surface area contributed by atoms with Crippen molar-refractivity contribution < 1.29 is 14.3 Å². The molecule has 0 aliphatic heterocycles. The first-order valence-electron chi connectivity index (χ1n) is 8.94. The van der Waals surface area contributed by atoms with Crippen LogP contribution in [0.1, 0.15) is 48.5 Å². The van der Waals surface area contributed by atoms with Gasteiger partial charge >= 0.3 is 0 Å². The standard InChI is InChI=1S/C21H26N2O3/c1-3-4-5-9-14-26-19-13-12-17(15-20(19)25-2)16-22-23-21(24)18-10-7-6-8-11-18/h6-8,10-13,15-16H,3-5,9,14H2,1-2H3,(H,23,24). The second-order valence-corrected chi connectivity index (χ2v) is 5.88. The van der Waals surface area contributed by atoms with Gasteiger partial charge in [0.05, 0.1) is 19.9 Å². The van der Waals surface area contributed by atoms with Crippen molar-refractivity contribution in [2.24, 2.45) is 5.10 Å². The summed E-state index contributed by atoms with van der Waals surface area (Å²) in [6.45, 7) is 2.86. The number of nitrogens with zero attached hydrogens (tertiary/aromatic N) is 1. The monoisotopic (exact) mass is 354 g/mol. The third-order valence-corrected chi connectivity index (χ3v) is 3.86. The molecular formula is C21H26N2O3. The molecule has 0 saturated carbocycles. The molecule has 1 amide bonds. The second kappa shape index (κ2) is 10.9. The third-order valence-electron chi connectivity index (χ3n) is 3.86. The molecule has 0 saturated heterocycles. The number of hydrogen-bond donors (Lipinski definition) is 1. The van der Waals surface area contributed by atoms with Gasteiger partial charge in [0.1, 0.15) is 0 Å². The SMILES string of the molecule is CCCCCCOc1ccc(C=NNC(=O)c2ccccc2)cc1OC. The van der Waals surface area contributed by atoms with Crippen LogP contribution in [0.4, 0.5) is 0 Å². The van der Waals surface area contributed by atoms with Crippen molar-refractivity contribution in [1.82, 2.24) is 5.43 Å². The lowest BCUT2D eigenvalue weighted by Crippen LogP contribution is -2.17. The molecule has 0 unspecified atom stereocenters. The normalized spacial score (nSPS) is 10.7. The number of carbonyl (C=O) groups is 1. The highest BCUT2D eigenvalue weighted by Gasteiger charge is 2.06. The minimum atomic E-state index is -0.249. The van der Waals surface area contributed by atoms with Crippen LogP contribution in [0.25, 0.3) is 0 Å². The Morgan fingerprint density at radius 2 is 1.88 bits per heavy atom. The molecule has 0 spiro atoms. The molecule has 0 radical (unpaired) electrons. The van der Waals surface area contributed by atoms with E-state index in [1.54, 1.807) is 25.5 Å². The minimum absolute atomic E-state index is 0.249. The van der Waals surface area contributed by atoms with E-state index in [-0.39, 0.29) is 5.91 Å². The Balaban J connectivity index is 1.90. The summed E-state index contributed by atoms with van der Waals surface area (Å²) < 4.78 is 11.2. The fourth-order valence-corrected chi connectivity index (χ4v) is 2.41. The fraction of sp³-hybridized carbons (Fsp3) is 0.333. The summed E-state index contributed by atoms with van der Waals surface area (Å²) in [5.41, 5.74) is 3.89. The molecule has 0 aliphatic rings. The molecule has 2 rings (SSSR count). The van der Waals surface area contributed by atoms with Gasteiger partial charge < -0.3 is 9.47 Å². The molecule has 0 aromatic heterocycles. The minimum Gasteiger partial charge on any atom is -0.493 e. The van der Waals surface area contributed by atoms with E-state index in [0.717, 1.165) is 17.7 Å². The third kappa shape index (κ3) is 6.24. The van der Waals surface area contributed by atoms with Crippen molar-refractivity contribution in [2.75, 3.05) is 13.7 Å². The topological polar surface area (TPSA) is 59.9 Å². The van der Waals surface area contributed by atoms with Gasteiger partial charge in [0.25, 0.3) is 5.91 Å². The maximum Gasteiger partial charge on any atom is 0.271 e. The number of amides is 1. The molecule has 0 heterocycles. The van der Waals surface area contributed by atoms with Crippen LogP contribution in [-0.2, 0) is 0 Å². The Morgan fingerprint density at radius 3 is 2.62 bits per heavy atom. The molecule has 5 nitrogen and oxygen atoms in total.